The van der Waals surface area contributed by atoms with Crippen LogP contribution in [0.4, 0.5) is 0 Å². The van der Waals surface area contributed by atoms with E-state index in [0.29, 0.717) is 6.61 Å². The third-order valence-corrected chi connectivity index (χ3v) is 3.58. The predicted molar refractivity (Wildman–Crippen MR) is 64.8 cm³/mol. The van der Waals surface area contributed by atoms with Crippen LogP contribution in [0, 0.1) is 0 Å². The Labute approximate surface area is 113 Å². The summed E-state index contributed by atoms with van der Waals surface area (Å²) in [7, 11) is 3.99. The van der Waals surface area contributed by atoms with Crippen LogP contribution in [0.1, 0.15) is 0 Å². The molecule has 0 aromatic carbocycles. The minimum Gasteiger partial charge on any atom is -0.394 e. The minimum atomic E-state index is -4.23. The zero-order valence-electron chi connectivity index (χ0n) is 10.8. The van der Waals surface area contributed by atoms with Crippen molar-refractivity contribution < 1.29 is 37.8 Å². The van der Waals surface area contributed by atoms with Crippen molar-refractivity contribution >= 4 is 15.7 Å². The van der Waals surface area contributed by atoms with Gasteiger partial charge in [-0.2, -0.15) is 0 Å². The highest BCUT2D eigenvalue weighted by Crippen LogP contribution is 2.46. The van der Waals surface area contributed by atoms with Gasteiger partial charge in [-0.1, -0.05) is 0 Å². The molecular weight excluding hydrogens is 278 g/mol. The molecule has 1 rings (SSSR count). The summed E-state index contributed by atoms with van der Waals surface area (Å²) in [5.74, 6) is 0. The Kier molecular flexibility index (Phi) is 6.92. The summed E-state index contributed by atoms with van der Waals surface area (Å²) in [6, 6.07) is -0.879. The molecule has 1 fully saturated rings. The highest BCUT2D eigenvalue weighted by Gasteiger charge is 2.46. The van der Waals surface area contributed by atoms with E-state index in [4.69, 9.17) is 31.7 Å². The Balaban J connectivity index is 2.70. The van der Waals surface area contributed by atoms with Crippen molar-refractivity contribution in [2.45, 2.75) is 24.3 Å². The van der Waals surface area contributed by atoms with Gasteiger partial charge in [0.05, 0.1) is 19.8 Å². The zero-order chi connectivity index (χ0) is 14.5. The lowest BCUT2D eigenvalue weighted by Gasteiger charge is -2.24. The van der Waals surface area contributed by atoms with Gasteiger partial charge in [0.15, 0.2) is 0 Å². The monoisotopic (exact) mass is 296 g/mol. The van der Waals surface area contributed by atoms with Crippen LogP contribution in [-0.2, 0) is 27.8 Å². The molecule has 0 aliphatic carbocycles. The van der Waals surface area contributed by atoms with Crippen molar-refractivity contribution in [3.63, 3.8) is 0 Å². The topological polar surface area (TPSA) is 104 Å². The molecule has 5 unspecified atom stereocenters. The van der Waals surface area contributed by atoms with Gasteiger partial charge in [0, 0.05) is 20.2 Å². The second kappa shape index (κ2) is 7.71. The summed E-state index contributed by atoms with van der Waals surface area (Å²) in [6.07, 6.45) is -2.67. The smallest absolute Gasteiger partial charge is 0.394 e. The molecule has 5 atom stereocenters. The maximum Gasteiger partial charge on any atom is 0.472 e. The van der Waals surface area contributed by atoms with Crippen molar-refractivity contribution in [1.29, 1.82) is 0 Å². The van der Waals surface area contributed by atoms with Gasteiger partial charge in [0.1, 0.15) is 26.2 Å². The van der Waals surface area contributed by atoms with Gasteiger partial charge >= 0.3 is 7.82 Å². The average molecular weight is 296 g/mol. The lowest BCUT2D eigenvalue weighted by atomic mass is 9.93. The largest absolute Gasteiger partial charge is 0.472 e. The van der Waals surface area contributed by atoms with E-state index in [0.717, 1.165) is 7.11 Å². The molecular formula is C9H18BO8P. The highest BCUT2D eigenvalue weighted by molar-refractivity contribution is 7.47. The number of hydrogen-bond donors (Lipinski definition) is 2. The Bertz CT molecular complexity index is 317. The molecule has 0 spiro atoms. The first-order valence-electron chi connectivity index (χ1n) is 5.64. The van der Waals surface area contributed by atoms with E-state index < -0.39 is 38.7 Å². The second-order valence-electron chi connectivity index (χ2n) is 3.87. The van der Waals surface area contributed by atoms with E-state index >= 15 is 0 Å². The maximum atomic E-state index is 11.4. The molecule has 0 saturated carbocycles. The van der Waals surface area contributed by atoms with Crippen molar-refractivity contribution in [3.05, 3.63) is 0 Å². The summed E-state index contributed by atoms with van der Waals surface area (Å²) in [5.41, 5.74) is 0. The summed E-state index contributed by atoms with van der Waals surface area (Å²) in [4.78, 5) is 9.33. The van der Waals surface area contributed by atoms with Crippen LogP contribution in [0.3, 0.4) is 0 Å². The average Bonchev–Trinajstić information content (AvgIpc) is 2.66. The number of rotatable bonds is 8. The molecule has 19 heavy (non-hydrogen) atoms. The van der Waals surface area contributed by atoms with E-state index in [2.05, 4.69) is 4.52 Å². The number of hydrogen-bond acceptors (Lipinski definition) is 7. The fourth-order valence-electron chi connectivity index (χ4n) is 1.68. The Hall–Kier alpha value is 0.0149. The van der Waals surface area contributed by atoms with E-state index in [1.165, 1.54) is 7.11 Å². The van der Waals surface area contributed by atoms with Crippen LogP contribution in [0.5, 0.6) is 0 Å². The fraction of sp³-hybridized carbons (Fsp3) is 1.00. The molecule has 2 N–H and O–H groups in total. The first kappa shape index (κ1) is 17.1. The highest BCUT2D eigenvalue weighted by atomic mass is 31.2. The molecule has 1 aliphatic rings. The van der Waals surface area contributed by atoms with Crippen LogP contribution < -0.4 is 0 Å². The Morgan fingerprint density at radius 3 is 2.53 bits per heavy atom. The van der Waals surface area contributed by atoms with Gasteiger partial charge in [0.25, 0.3) is 0 Å². The predicted octanol–water partition coefficient (Wildman–Crippen LogP) is -0.964. The van der Waals surface area contributed by atoms with Gasteiger partial charge in [-0.3, -0.25) is 9.05 Å². The van der Waals surface area contributed by atoms with Crippen molar-refractivity contribution in [3.8, 4) is 0 Å². The molecule has 1 aliphatic heterocycles. The van der Waals surface area contributed by atoms with E-state index in [9.17, 15) is 9.46 Å². The molecule has 0 aromatic heterocycles. The SMILES string of the molecule is [B]C1OC(CO)C(OP(=O)(O)OC)C1OCCOC. The first-order chi connectivity index (χ1) is 8.95. The first-order valence-corrected chi connectivity index (χ1v) is 7.14. The molecule has 0 amide bonds. The van der Waals surface area contributed by atoms with E-state index in [1.54, 1.807) is 0 Å². The Morgan fingerprint density at radius 2 is 2.00 bits per heavy atom. The van der Waals surface area contributed by atoms with Crippen LogP contribution in [0.25, 0.3) is 0 Å². The third kappa shape index (κ3) is 4.80. The van der Waals surface area contributed by atoms with Gasteiger partial charge in [0.2, 0.25) is 0 Å². The van der Waals surface area contributed by atoms with Gasteiger partial charge in [-0.15, -0.1) is 0 Å². The van der Waals surface area contributed by atoms with Crippen LogP contribution in [-0.4, -0.2) is 76.2 Å². The molecule has 2 radical (unpaired) electrons. The van der Waals surface area contributed by atoms with Crippen molar-refractivity contribution in [2.75, 3.05) is 34.0 Å². The molecule has 10 heteroatoms. The normalized spacial score (nSPS) is 34.3. The van der Waals surface area contributed by atoms with Crippen LogP contribution in [0.2, 0.25) is 0 Å². The molecule has 1 heterocycles. The number of ether oxygens (including phenoxy) is 3. The minimum absolute atomic E-state index is 0.207. The lowest BCUT2D eigenvalue weighted by Crippen LogP contribution is -2.39. The van der Waals surface area contributed by atoms with Gasteiger partial charge < -0.3 is 24.2 Å². The molecule has 1 saturated heterocycles. The van der Waals surface area contributed by atoms with Crippen LogP contribution in [0.15, 0.2) is 0 Å². The number of aliphatic hydroxyl groups is 1. The summed E-state index contributed by atoms with van der Waals surface area (Å²) in [5, 5.41) is 9.16. The summed E-state index contributed by atoms with van der Waals surface area (Å²) < 4.78 is 36.1. The summed E-state index contributed by atoms with van der Waals surface area (Å²) >= 11 is 0. The second-order valence-corrected chi connectivity index (χ2v) is 5.38. The number of methoxy groups -OCH3 is 1. The summed E-state index contributed by atoms with van der Waals surface area (Å²) in [6.45, 7) is 0.103. The molecule has 110 valence electrons. The van der Waals surface area contributed by atoms with E-state index in [1.807, 2.05) is 0 Å². The fourth-order valence-corrected chi connectivity index (χ4v) is 2.33. The van der Waals surface area contributed by atoms with Crippen molar-refractivity contribution in [2.24, 2.45) is 0 Å². The van der Waals surface area contributed by atoms with Gasteiger partial charge in [-0.25, -0.2) is 4.57 Å². The third-order valence-electron chi connectivity index (χ3n) is 2.61. The van der Waals surface area contributed by atoms with Crippen LogP contribution >= 0.6 is 7.82 Å². The number of phosphoric acid groups is 1. The standard InChI is InChI=1S/C9H18BO8P/c1-14-3-4-16-8-7(18-19(12,13)15-2)6(5-11)17-9(8)10/h6-9,11H,3-5H2,1-2H3,(H,12,13). The molecule has 0 bridgehead atoms. The Morgan fingerprint density at radius 1 is 1.32 bits per heavy atom. The van der Waals surface area contributed by atoms with E-state index in [-0.39, 0.29) is 6.61 Å². The molecule has 0 aromatic rings. The molecule has 8 nitrogen and oxygen atoms in total. The van der Waals surface area contributed by atoms with Crippen molar-refractivity contribution in [1.82, 2.24) is 0 Å². The number of phosphoric ester groups is 1. The maximum absolute atomic E-state index is 11.4. The number of aliphatic hydroxyl groups excluding tert-OH is 1. The quantitative estimate of drug-likeness (QED) is 0.335. The lowest BCUT2D eigenvalue weighted by molar-refractivity contribution is -0.0414. The van der Waals surface area contributed by atoms with Gasteiger partial charge in [-0.05, 0) is 0 Å². The zero-order valence-corrected chi connectivity index (χ0v) is 11.7.